The van der Waals surface area contributed by atoms with E-state index in [-0.39, 0.29) is 17.4 Å². The smallest absolute Gasteiger partial charge is 0.234 e. The average molecular weight is 318 g/mol. The Morgan fingerprint density at radius 2 is 2.00 bits per heavy atom. The van der Waals surface area contributed by atoms with Crippen molar-refractivity contribution in [2.45, 2.75) is 45.6 Å². The minimum absolute atomic E-state index is 0.102. The fourth-order valence-corrected chi connectivity index (χ4v) is 2.81. The van der Waals surface area contributed by atoms with E-state index < -0.39 is 0 Å². The van der Waals surface area contributed by atoms with Crippen LogP contribution >= 0.6 is 0 Å². The molecule has 0 aromatic heterocycles. The van der Waals surface area contributed by atoms with E-state index in [1.54, 1.807) is 0 Å². The third kappa shape index (κ3) is 5.96. The lowest BCUT2D eigenvalue weighted by atomic mass is 9.86. The summed E-state index contributed by atoms with van der Waals surface area (Å²) < 4.78 is 5.49. The third-order valence-electron chi connectivity index (χ3n) is 4.25. The number of amides is 1. The lowest BCUT2D eigenvalue weighted by molar-refractivity contribution is -0.124. The summed E-state index contributed by atoms with van der Waals surface area (Å²) in [4.78, 5) is 14.2. The van der Waals surface area contributed by atoms with Crippen LogP contribution in [0.25, 0.3) is 0 Å². The summed E-state index contributed by atoms with van der Waals surface area (Å²) in [6.45, 7) is 12.2. The lowest BCUT2D eigenvalue weighted by Crippen LogP contribution is -2.46. The monoisotopic (exact) mass is 318 g/mol. The molecular formula is C19H30N2O2. The van der Waals surface area contributed by atoms with E-state index >= 15 is 0 Å². The van der Waals surface area contributed by atoms with Gasteiger partial charge in [0.15, 0.2) is 0 Å². The standard InChI is InChI=1S/C19H30N2O2/c1-15-13-21(11-12-23-15)14-18(22)20-10-9-16-5-7-17(8-6-16)19(2,3)4/h5-8,15H,9-14H2,1-4H3,(H,20,22). The summed E-state index contributed by atoms with van der Waals surface area (Å²) in [6.07, 6.45) is 1.09. The van der Waals surface area contributed by atoms with Crippen LogP contribution in [0.3, 0.4) is 0 Å². The van der Waals surface area contributed by atoms with Gasteiger partial charge < -0.3 is 10.1 Å². The molecule has 4 nitrogen and oxygen atoms in total. The van der Waals surface area contributed by atoms with Gasteiger partial charge in [-0.05, 0) is 29.9 Å². The molecule has 1 amide bonds. The number of benzene rings is 1. The van der Waals surface area contributed by atoms with E-state index in [4.69, 9.17) is 4.74 Å². The molecule has 1 aliphatic rings. The summed E-state index contributed by atoms with van der Waals surface area (Å²) in [5.41, 5.74) is 2.78. The van der Waals surface area contributed by atoms with Gasteiger partial charge in [-0.1, -0.05) is 45.0 Å². The van der Waals surface area contributed by atoms with Crippen LogP contribution in [0.5, 0.6) is 0 Å². The Bertz CT molecular complexity index is 505. The highest BCUT2D eigenvalue weighted by Gasteiger charge is 2.18. The number of rotatable bonds is 5. The summed E-state index contributed by atoms with van der Waals surface area (Å²) in [6, 6.07) is 8.70. The molecule has 4 heteroatoms. The Balaban J connectivity index is 1.71. The second-order valence-corrected chi connectivity index (χ2v) is 7.46. The quantitative estimate of drug-likeness (QED) is 0.906. The minimum atomic E-state index is 0.102. The first-order valence-electron chi connectivity index (χ1n) is 8.54. The molecular weight excluding hydrogens is 288 g/mol. The van der Waals surface area contributed by atoms with Gasteiger partial charge in [0.2, 0.25) is 5.91 Å². The predicted octanol–water partition coefficient (Wildman–Crippen LogP) is 2.36. The van der Waals surface area contributed by atoms with E-state index in [0.717, 1.165) is 19.5 Å². The van der Waals surface area contributed by atoms with Crippen LogP contribution in [0, 0.1) is 0 Å². The van der Waals surface area contributed by atoms with Crippen molar-refractivity contribution in [3.05, 3.63) is 35.4 Å². The van der Waals surface area contributed by atoms with Crippen LogP contribution in [-0.4, -0.2) is 49.7 Å². The van der Waals surface area contributed by atoms with Gasteiger partial charge in [-0.2, -0.15) is 0 Å². The fraction of sp³-hybridized carbons (Fsp3) is 0.632. The molecule has 1 aliphatic heterocycles. The third-order valence-corrected chi connectivity index (χ3v) is 4.25. The molecule has 1 heterocycles. The van der Waals surface area contributed by atoms with Crippen molar-refractivity contribution in [3.63, 3.8) is 0 Å². The van der Waals surface area contributed by atoms with E-state index in [1.165, 1.54) is 11.1 Å². The second-order valence-electron chi connectivity index (χ2n) is 7.46. The van der Waals surface area contributed by atoms with Crippen LogP contribution in [0.4, 0.5) is 0 Å². The molecule has 0 aliphatic carbocycles. The Labute approximate surface area is 140 Å². The fourth-order valence-electron chi connectivity index (χ4n) is 2.81. The molecule has 1 saturated heterocycles. The molecule has 1 aromatic carbocycles. The van der Waals surface area contributed by atoms with Gasteiger partial charge in [0.1, 0.15) is 0 Å². The maximum absolute atomic E-state index is 12.0. The number of carbonyl (C=O) groups is 1. The van der Waals surface area contributed by atoms with Gasteiger partial charge in [0.25, 0.3) is 0 Å². The molecule has 0 radical (unpaired) electrons. The van der Waals surface area contributed by atoms with Crippen molar-refractivity contribution in [2.24, 2.45) is 0 Å². The van der Waals surface area contributed by atoms with Crippen LogP contribution < -0.4 is 5.32 Å². The van der Waals surface area contributed by atoms with Crippen LogP contribution in [0.15, 0.2) is 24.3 Å². The highest BCUT2D eigenvalue weighted by atomic mass is 16.5. The van der Waals surface area contributed by atoms with Crippen molar-refractivity contribution >= 4 is 5.91 Å². The maximum atomic E-state index is 12.0. The first-order chi connectivity index (χ1) is 10.8. The normalized spacial score (nSPS) is 19.6. The first kappa shape index (κ1) is 18.0. The van der Waals surface area contributed by atoms with Crippen molar-refractivity contribution < 1.29 is 9.53 Å². The summed E-state index contributed by atoms with van der Waals surface area (Å²) in [7, 11) is 0. The average Bonchev–Trinajstić information content (AvgIpc) is 2.47. The van der Waals surface area contributed by atoms with Crippen LogP contribution in [0.1, 0.15) is 38.8 Å². The number of nitrogens with zero attached hydrogens (tertiary/aromatic N) is 1. The number of ether oxygens (including phenoxy) is 1. The SMILES string of the molecule is CC1CN(CC(=O)NCCc2ccc(C(C)(C)C)cc2)CCO1. The van der Waals surface area contributed by atoms with Gasteiger partial charge >= 0.3 is 0 Å². The summed E-state index contributed by atoms with van der Waals surface area (Å²) in [5, 5.41) is 3.02. The number of carbonyl (C=O) groups excluding carboxylic acids is 1. The number of nitrogens with one attached hydrogen (secondary N) is 1. The lowest BCUT2D eigenvalue weighted by Gasteiger charge is -2.30. The maximum Gasteiger partial charge on any atom is 0.234 e. The van der Waals surface area contributed by atoms with Crippen molar-refractivity contribution in [1.29, 1.82) is 0 Å². The van der Waals surface area contributed by atoms with Crippen molar-refractivity contribution in [3.8, 4) is 0 Å². The highest BCUT2D eigenvalue weighted by Crippen LogP contribution is 2.22. The topological polar surface area (TPSA) is 41.6 Å². The van der Waals surface area contributed by atoms with Gasteiger partial charge in [0, 0.05) is 19.6 Å². The zero-order valence-corrected chi connectivity index (χ0v) is 14.9. The van der Waals surface area contributed by atoms with Crippen molar-refractivity contribution in [1.82, 2.24) is 10.2 Å². The molecule has 128 valence electrons. The molecule has 0 saturated carbocycles. The molecule has 0 bridgehead atoms. The number of hydrogen-bond acceptors (Lipinski definition) is 3. The van der Waals surface area contributed by atoms with Gasteiger partial charge in [0.05, 0.1) is 19.3 Å². The van der Waals surface area contributed by atoms with Crippen LogP contribution in [0.2, 0.25) is 0 Å². The largest absolute Gasteiger partial charge is 0.376 e. The Hall–Kier alpha value is -1.39. The van der Waals surface area contributed by atoms with Gasteiger partial charge in [-0.25, -0.2) is 0 Å². The van der Waals surface area contributed by atoms with E-state index in [0.29, 0.717) is 19.7 Å². The number of morpholine rings is 1. The van der Waals surface area contributed by atoms with E-state index in [1.807, 2.05) is 6.92 Å². The molecule has 1 atom stereocenters. The minimum Gasteiger partial charge on any atom is -0.376 e. The zero-order valence-electron chi connectivity index (χ0n) is 14.9. The summed E-state index contributed by atoms with van der Waals surface area (Å²) >= 11 is 0. The zero-order chi connectivity index (χ0) is 16.9. The first-order valence-corrected chi connectivity index (χ1v) is 8.54. The Morgan fingerprint density at radius 3 is 2.61 bits per heavy atom. The predicted molar refractivity (Wildman–Crippen MR) is 93.7 cm³/mol. The number of hydrogen-bond donors (Lipinski definition) is 1. The molecule has 1 unspecified atom stereocenters. The molecule has 23 heavy (non-hydrogen) atoms. The van der Waals surface area contributed by atoms with E-state index in [2.05, 4.69) is 55.3 Å². The van der Waals surface area contributed by atoms with E-state index in [9.17, 15) is 4.79 Å². The molecule has 0 spiro atoms. The highest BCUT2D eigenvalue weighted by molar-refractivity contribution is 5.78. The summed E-state index contributed by atoms with van der Waals surface area (Å²) in [5.74, 6) is 0.102. The molecule has 1 aromatic rings. The van der Waals surface area contributed by atoms with Gasteiger partial charge in [-0.15, -0.1) is 0 Å². The molecule has 1 N–H and O–H groups in total. The Morgan fingerprint density at radius 1 is 1.30 bits per heavy atom. The second kappa shape index (κ2) is 7.93. The Kier molecular flexibility index (Phi) is 6.19. The van der Waals surface area contributed by atoms with Crippen molar-refractivity contribution in [2.75, 3.05) is 32.8 Å². The molecule has 2 rings (SSSR count). The van der Waals surface area contributed by atoms with Crippen LogP contribution in [-0.2, 0) is 21.4 Å². The molecule has 1 fully saturated rings. The van der Waals surface area contributed by atoms with Gasteiger partial charge in [-0.3, -0.25) is 9.69 Å².